The van der Waals surface area contributed by atoms with Gasteiger partial charge in [0.15, 0.2) is 5.96 Å². The summed E-state index contributed by atoms with van der Waals surface area (Å²) < 4.78 is 0. The molecule has 98 valence electrons. The smallest absolute Gasteiger partial charge is 0.196 e. The fraction of sp³-hybridized carbons (Fsp3) is 0.500. The van der Waals surface area contributed by atoms with Gasteiger partial charge in [-0.25, -0.2) is 0 Å². The van der Waals surface area contributed by atoms with Crippen molar-refractivity contribution in [1.29, 1.82) is 0 Å². The number of anilines is 1. The molecule has 0 radical (unpaired) electrons. The number of halogens is 1. The summed E-state index contributed by atoms with van der Waals surface area (Å²) in [5.41, 5.74) is 6.99. The molecular formula is C14H20ClN3. The zero-order chi connectivity index (χ0) is 13.1. The summed E-state index contributed by atoms with van der Waals surface area (Å²) in [5.74, 6) is 1.13. The molecule has 2 atom stereocenters. The van der Waals surface area contributed by atoms with E-state index >= 15 is 0 Å². The Labute approximate surface area is 114 Å². The first-order valence-electron chi connectivity index (χ1n) is 6.48. The lowest BCUT2D eigenvalue weighted by molar-refractivity contribution is 0.439. The van der Waals surface area contributed by atoms with E-state index in [9.17, 15) is 0 Å². The summed E-state index contributed by atoms with van der Waals surface area (Å²) in [6.07, 6.45) is 2.35. The van der Waals surface area contributed by atoms with Gasteiger partial charge in [0.1, 0.15) is 0 Å². The van der Waals surface area contributed by atoms with Crippen molar-refractivity contribution in [2.75, 3.05) is 11.4 Å². The summed E-state index contributed by atoms with van der Waals surface area (Å²) >= 11 is 6.26. The number of benzene rings is 1. The average Bonchev–Trinajstić information content (AvgIpc) is 2.72. The van der Waals surface area contributed by atoms with Crippen molar-refractivity contribution in [3.05, 3.63) is 29.3 Å². The number of para-hydroxylation sites is 1. The van der Waals surface area contributed by atoms with E-state index in [2.05, 4.69) is 23.7 Å². The second-order valence-electron chi connectivity index (χ2n) is 4.85. The van der Waals surface area contributed by atoms with Gasteiger partial charge in [0.25, 0.3) is 0 Å². The van der Waals surface area contributed by atoms with Gasteiger partial charge in [-0.15, -0.1) is 0 Å². The summed E-state index contributed by atoms with van der Waals surface area (Å²) in [5, 5.41) is 0.728. The van der Waals surface area contributed by atoms with E-state index in [0.717, 1.165) is 17.3 Å². The predicted molar refractivity (Wildman–Crippen MR) is 78.3 cm³/mol. The van der Waals surface area contributed by atoms with Crippen molar-refractivity contribution in [1.82, 2.24) is 0 Å². The highest BCUT2D eigenvalue weighted by molar-refractivity contribution is 6.33. The number of guanidine groups is 1. The zero-order valence-electron chi connectivity index (χ0n) is 10.9. The molecule has 0 saturated carbocycles. The Hall–Kier alpha value is -1.22. The van der Waals surface area contributed by atoms with E-state index < -0.39 is 0 Å². The largest absolute Gasteiger partial charge is 0.370 e. The molecule has 0 spiro atoms. The lowest BCUT2D eigenvalue weighted by Gasteiger charge is -2.31. The third-order valence-corrected chi connectivity index (χ3v) is 3.85. The van der Waals surface area contributed by atoms with Crippen LogP contribution in [0.1, 0.15) is 26.7 Å². The molecule has 0 aromatic heterocycles. The highest BCUT2D eigenvalue weighted by atomic mass is 35.5. The van der Waals surface area contributed by atoms with Gasteiger partial charge in [0.05, 0.1) is 23.3 Å². The molecule has 1 heterocycles. The summed E-state index contributed by atoms with van der Waals surface area (Å²) in [6, 6.07) is 8.13. The van der Waals surface area contributed by atoms with Gasteiger partial charge in [-0.2, -0.15) is 0 Å². The maximum atomic E-state index is 6.26. The average molecular weight is 266 g/mol. The van der Waals surface area contributed by atoms with Gasteiger partial charge in [-0.05, 0) is 24.5 Å². The molecule has 2 rings (SSSR count). The molecule has 0 fully saturated rings. The van der Waals surface area contributed by atoms with Crippen molar-refractivity contribution in [3.8, 4) is 0 Å². The first kappa shape index (κ1) is 13.2. The number of nitrogens with two attached hydrogens (primary N) is 1. The Bertz CT molecular complexity index is 444. The van der Waals surface area contributed by atoms with Crippen molar-refractivity contribution >= 4 is 23.2 Å². The Morgan fingerprint density at radius 3 is 2.89 bits per heavy atom. The normalized spacial score (nSPS) is 20.9. The van der Waals surface area contributed by atoms with E-state index in [4.69, 9.17) is 17.3 Å². The molecule has 3 nitrogen and oxygen atoms in total. The highest BCUT2D eigenvalue weighted by Gasteiger charge is 2.32. The third-order valence-electron chi connectivity index (χ3n) is 3.53. The fourth-order valence-corrected chi connectivity index (χ4v) is 2.77. The minimum atomic E-state index is 0.324. The predicted octanol–water partition coefficient (Wildman–Crippen LogP) is 3.28. The van der Waals surface area contributed by atoms with E-state index in [0.29, 0.717) is 17.9 Å². The molecule has 2 unspecified atom stereocenters. The second kappa shape index (κ2) is 5.61. The maximum Gasteiger partial charge on any atom is 0.196 e. The lowest BCUT2D eigenvalue weighted by atomic mass is 9.96. The summed E-state index contributed by atoms with van der Waals surface area (Å²) in [6.45, 7) is 5.22. The van der Waals surface area contributed by atoms with E-state index in [1.165, 1.54) is 12.8 Å². The number of hydrogen-bond acceptors (Lipinski definition) is 3. The van der Waals surface area contributed by atoms with Crippen LogP contribution in [0.15, 0.2) is 29.3 Å². The van der Waals surface area contributed by atoms with E-state index in [1.54, 1.807) is 0 Å². The molecule has 0 amide bonds. The van der Waals surface area contributed by atoms with Gasteiger partial charge in [-0.1, -0.05) is 44.0 Å². The molecule has 1 aromatic rings. The molecule has 0 bridgehead atoms. The molecule has 4 heteroatoms. The van der Waals surface area contributed by atoms with Crippen molar-refractivity contribution < 1.29 is 0 Å². The van der Waals surface area contributed by atoms with Crippen LogP contribution in [0.4, 0.5) is 5.69 Å². The lowest BCUT2D eigenvalue weighted by Crippen LogP contribution is -2.44. The standard InChI is InChI=1S/C14H20ClN3/c1-3-6-10(2)13-9-17-14(16)18(13)12-8-5-4-7-11(12)15/h4-5,7-8,10,13H,3,6,9H2,1-2H3,(H2,16,17). The Morgan fingerprint density at radius 1 is 1.50 bits per heavy atom. The molecule has 1 aliphatic heterocycles. The molecular weight excluding hydrogens is 246 g/mol. The quantitative estimate of drug-likeness (QED) is 0.908. The van der Waals surface area contributed by atoms with Gasteiger partial charge in [0, 0.05) is 0 Å². The number of hydrogen-bond donors (Lipinski definition) is 1. The van der Waals surface area contributed by atoms with Crippen molar-refractivity contribution in [2.24, 2.45) is 16.6 Å². The molecule has 0 saturated heterocycles. The van der Waals surface area contributed by atoms with Crippen LogP contribution in [0, 0.1) is 5.92 Å². The van der Waals surface area contributed by atoms with Crippen molar-refractivity contribution in [2.45, 2.75) is 32.7 Å². The van der Waals surface area contributed by atoms with Crippen LogP contribution in [0.2, 0.25) is 5.02 Å². The van der Waals surface area contributed by atoms with Crippen LogP contribution in [0.5, 0.6) is 0 Å². The Morgan fingerprint density at radius 2 is 2.22 bits per heavy atom. The Balaban J connectivity index is 2.28. The first-order chi connectivity index (χ1) is 8.65. The second-order valence-corrected chi connectivity index (χ2v) is 5.26. The van der Waals surface area contributed by atoms with Gasteiger partial charge in [-0.3, -0.25) is 4.99 Å². The van der Waals surface area contributed by atoms with Gasteiger partial charge in [0.2, 0.25) is 0 Å². The number of nitrogens with zero attached hydrogens (tertiary/aromatic N) is 2. The van der Waals surface area contributed by atoms with Crippen LogP contribution in [0.3, 0.4) is 0 Å². The van der Waals surface area contributed by atoms with Gasteiger partial charge < -0.3 is 10.6 Å². The van der Waals surface area contributed by atoms with Crippen LogP contribution in [0.25, 0.3) is 0 Å². The molecule has 18 heavy (non-hydrogen) atoms. The number of aliphatic imine (C=N–C) groups is 1. The van der Waals surface area contributed by atoms with E-state index in [1.807, 2.05) is 24.3 Å². The van der Waals surface area contributed by atoms with Gasteiger partial charge >= 0.3 is 0 Å². The third kappa shape index (κ3) is 2.46. The Kier molecular flexibility index (Phi) is 4.12. The SMILES string of the molecule is CCCC(C)C1CN=C(N)N1c1ccccc1Cl. The molecule has 1 aliphatic rings. The van der Waals surface area contributed by atoms with Crippen LogP contribution in [-0.2, 0) is 0 Å². The zero-order valence-corrected chi connectivity index (χ0v) is 11.7. The summed E-state index contributed by atoms with van der Waals surface area (Å²) in [7, 11) is 0. The topological polar surface area (TPSA) is 41.6 Å². The van der Waals surface area contributed by atoms with Crippen molar-refractivity contribution in [3.63, 3.8) is 0 Å². The van der Waals surface area contributed by atoms with E-state index in [-0.39, 0.29) is 0 Å². The maximum absolute atomic E-state index is 6.26. The minimum absolute atomic E-state index is 0.324. The monoisotopic (exact) mass is 265 g/mol. The highest BCUT2D eigenvalue weighted by Crippen LogP contribution is 2.32. The first-order valence-corrected chi connectivity index (χ1v) is 6.86. The van der Waals surface area contributed by atoms with Crippen LogP contribution in [-0.4, -0.2) is 18.5 Å². The molecule has 0 aliphatic carbocycles. The molecule has 2 N–H and O–H groups in total. The van der Waals surface area contributed by atoms with Crippen LogP contribution < -0.4 is 10.6 Å². The minimum Gasteiger partial charge on any atom is -0.370 e. The summed E-state index contributed by atoms with van der Waals surface area (Å²) in [4.78, 5) is 6.47. The molecule has 1 aromatic carbocycles. The van der Waals surface area contributed by atoms with Crippen LogP contribution >= 0.6 is 11.6 Å². The fourth-order valence-electron chi connectivity index (χ4n) is 2.55. The number of rotatable bonds is 4.